The topological polar surface area (TPSA) is 88.9 Å². The molecule has 2 aromatic carbocycles. The molecule has 154 valence electrons. The van der Waals surface area contributed by atoms with Gasteiger partial charge >= 0.3 is 6.03 Å². The van der Waals surface area contributed by atoms with Gasteiger partial charge in [0, 0.05) is 13.1 Å². The third-order valence-corrected chi connectivity index (χ3v) is 4.99. The fourth-order valence-electron chi connectivity index (χ4n) is 2.65. The van der Waals surface area contributed by atoms with E-state index in [2.05, 4.69) is 27.4 Å². The number of thioether (sulfide) groups is 1. The Morgan fingerprint density at radius 1 is 1.10 bits per heavy atom. The second kappa shape index (κ2) is 10.4. The second-order valence-electron chi connectivity index (χ2n) is 6.19. The zero-order chi connectivity index (χ0) is 21.3. The average molecular weight is 425 g/mol. The number of halogens is 1. The van der Waals surface area contributed by atoms with Crippen LogP contribution in [0.15, 0.2) is 72.4 Å². The molecule has 0 aliphatic rings. The molecule has 0 saturated heterocycles. The molecular weight excluding hydrogens is 405 g/mol. The number of hydrogen-bond donors (Lipinski definition) is 2. The fraction of sp³-hybridized carbons (Fsp3) is 0.143. The fourth-order valence-corrected chi connectivity index (χ4v) is 3.39. The van der Waals surface area contributed by atoms with Crippen LogP contribution in [-0.4, -0.2) is 32.5 Å². The van der Waals surface area contributed by atoms with Crippen molar-refractivity contribution in [3.05, 3.63) is 78.6 Å². The Bertz CT molecular complexity index is 1040. The first kappa shape index (κ1) is 21.3. The summed E-state index contributed by atoms with van der Waals surface area (Å²) in [5, 5.41) is 13.4. The number of nitrogens with one attached hydrogen (secondary N) is 2. The van der Waals surface area contributed by atoms with Gasteiger partial charge in [0.15, 0.2) is 11.0 Å². The normalized spacial score (nSPS) is 10.4. The molecule has 7 nitrogen and oxygen atoms in total. The lowest BCUT2D eigenvalue weighted by Gasteiger charge is -2.09. The number of nitrogens with zero attached hydrogens (tertiary/aromatic N) is 3. The minimum absolute atomic E-state index is 0.0503. The van der Waals surface area contributed by atoms with Crippen molar-refractivity contribution in [3.8, 4) is 11.4 Å². The van der Waals surface area contributed by atoms with Crippen molar-refractivity contribution in [1.29, 1.82) is 0 Å². The van der Waals surface area contributed by atoms with Gasteiger partial charge in [0.05, 0.1) is 11.3 Å². The molecule has 0 unspecified atom stereocenters. The van der Waals surface area contributed by atoms with Crippen molar-refractivity contribution in [1.82, 2.24) is 25.4 Å². The summed E-state index contributed by atoms with van der Waals surface area (Å²) in [7, 11) is 0. The van der Waals surface area contributed by atoms with Crippen molar-refractivity contribution in [2.75, 3.05) is 5.75 Å². The first-order valence-corrected chi connectivity index (χ1v) is 10.1. The maximum absolute atomic E-state index is 14.1. The van der Waals surface area contributed by atoms with E-state index >= 15 is 0 Å². The molecule has 1 heterocycles. The number of carbonyl (C=O) groups excluding carboxylic acids is 2. The zero-order valence-electron chi connectivity index (χ0n) is 16.0. The molecule has 0 bridgehead atoms. The largest absolute Gasteiger partial charge is 0.334 e. The first-order chi connectivity index (χ1) is 14.6. The van der Waals surface area contributed by atoms with Crippen LogP contribution in [0.25, 0.3) is 11.4 Å². The molecule has 0 aliphatic heterocycles. The molecule has 30 heavy (non-hydrogen) atoms. The Morgan fingerprint density at radius 3 is 2.57 bits per heavy atom. The lowest BCUT2D eigenvalue weighted by atomic mass is 10.2. The lowest BCUT2D eigenvalue weighted by Crippen LogP contribution is -2.40. The minimum atomic E-state index is -0.580. The predicted octanol–water partition coefficient (Wildman–Crippen LogP) is 3.39. The molecular formula is C21H20FN5O2S. The Hall–Kier alpha value is -3.46. The van der Waals surface area contributed by atoms with Crippen LogP contribution in [0.1, 0.15) is 5.56 Å². The summed E-state index contributed by atoms with van der Waals surface area (Å²) in [6.07, 6.45) is 1.63. The maximum Gasteiger partial charge on any atom is 0.321 e. The number of aromatic nitrogens is 3. The van der Waals surface area contributed by atoms with Crippen LogP contribution in [-0.2, 0) is 17.9 Å². The summed E-state index contributed by atoms with van der Waals surface area (Å²) in [6.45, 7) is 4.36. The van der Waals surface area contributed by atoms with E-state index in [0.29, 0.717) is 29.6 Å². The second-order valence-corrected chi connectivity index (χ2v) is 7.13. The standard InChI is InChI=1S/C21H20FN5O2S/c1-2-12-27-19(16-10-6-7-11-17(16)22)25-26-21(27)30-14-18(28)24-20(29)23-13-15-8-4-3-5-9-15/h2-11H,1,12-14H2,(H2,23,24,28,29). The van der Waals surface area contributed by atoms with Gasteiger partial charge in [-0.3, -0.25) is 14.7 Å². The van der Waals surface area contributed by atoms with Crippen LogP contribution in [0, 0.1) is 5.82 Å². The van der Waals surface area contributed by atoms with Crippen LogP contribution in [0.3, 0.4) is 0 Å². The highest BCUT2D eigenvalue weighted by molar-refractivity contribution is 7.99. The smallest absolute Gasteiger partial charge is 0.321 e. The third kappa shape index (κ3) is 5.54. The van der Waals surface area contributed by atoms with E-state index in [1.807, 2.05) is 30.3 Å². The Kier molecular flexibility index (Phi) is 7.34. The van der Waals surface area contributed by atoms with E-state index in [1.165, 1.54) is 6.07 Å². The van der Waals surface area contributed by atoms with Crippen molar-refractivity contribution < 1.29 is 14.0 Å². The number of carbonyl (C=O) groups is 2. The highest BCUT2D eigenvalue weighted by Crippen LogP contribution is 2.25. The first-order valence-electron chi connectivity index (χ1n) is 9.12. The Morgan fingerprint density at radius 2 is 1.83 bits per heavy atom. The van der Waals surface area contributed by atoms with E-state index in [1.54, 1.807) is 28.8 Å². The summed E-state index contributed by atoms with van der Waals surface area (Å²) in [5.41, 5.74) is 1.23. The molecule has 9 heteroatoms. The van der Waals surface area contributed by atoms with Gasteiger partial charge in [-0.05, 0) is 17.7 Å². The van der Waals surface area contributed by atoms with Crippen LogP contribution in [0.2, 0.25) is 0 Å². The SMILES string of the molecule is C=CCn1c(SCC(=O)NC(=O)NCc2ccccc2)nnc1-c1ccccc1F. The summed E-state index contributed by atoms with van der Waals surface area (Å²) < 4.78 is 15.8. The van der Waals surface area contributed by atoms with Gasteiger partial charge in [-0.2, -0.15) is 0 Å². The number of benzene rings is 2. The number of allylic oxidation sites excluding steroid dienone is 1. The number of imide groups is 1. The van der Waals surface area contributed by atoms with Crippen LogP contribution in [0.4, 0.5) is 9.18 Å². The maximum atomic E-state index is 14.1. The van der Waals surface area contributed by atoms with Crippen molar-refractivity contribution in [3.63, 3.8) is 0 Å². The van der Waals surface area contributed by atoms with Gasteiger partial charge in [-0.1, -0.05) is 60.3 Å². The van der Waals surface area contributed by atoms with E-state index in [0.717, 1.165) is 17.3 Å². The molecule has 0 fully saturated rings. The van der Waals surface area contributed by atoms with E-state index in [-0.39, 0.29) is 5.75 Å². The molecule has 0 atom stereocenters. The number of amides is 3. The number of rotatable bonds is 8. The van der Waals surface area contributed by atoms with Crippen molar-refractivity contribution >= 4 is 23.7 Å². The van der Waals surface area contributed by atoms with E-state index in [4.69, 9.17) is 0 Å². The summed E-state index contributed by atoms with van der Waals surface area (Å²) in [5.74, 6) is -0.604. The minimum Gasteiger partial charge on any atom is -0.334 e. The summed E-state index contributed by atoms with van der Waals surface area (Å²) in [4.78, 5) is 24.0. The Balaban J connectivity index is 1.58. The number of hydrogen-bond acceptors (Lipinski definition) is 5. The van der Waals surface area contributed by atoms with Crippen molar-refractivity contribution in [2.45, 2.75) is 18.2 Å². The number of urea groups is 1. The van der Waals surface area contributed by atoms with E-state index in [9.17, 15) is 14.0 Å². The molecule has 0 aliphatic carbocycles. The van der Waals surface area contributed by atoms with Gasteiger partial charge < -0.3 is 5.32 Å². The van der Waals surface area contributed by atoms with Gasteiger partial charge in [-0.25, -0.2) is 9.18 Å². The van der Waals surface area contributed by atoms with Crippen molar-refractivity contribution in [2.24, 2.45) is 0 Å². The lowest BCUT2D eigenvalue weighted by molar-refractivity contribution is -0.117. The summed E-state index contributed by atoms with van der Waals surface area (Å²) >= 11 is 1.10. The molecule has 3 rings (SSSR count). The summed E-state index contributed by atoms with van der Waals surface area (Å²) in [6, 6.07) is 15.0. The monoisotopic (exact) mass is 425 g/mol. The molecule has 0 spiro atoms. The molecule has 1 aromatic heterocycles. The molecule has 2 N–H and O–H groups in total. The average Bonchev–Trinajstić information content (AvgIpc) is 3.14. The highest BCUT2D eigenvalue weighted by Gasteiger charge is 2.17. The van der Waals surface area contributed by atoms with Gasteiger partial charge in [0.25, 0.3) is 0 Å². The quantitative estimate of drug-likeness (QED) is 0.427. The highest BCUT2D eigenvalue weighted by atomic mass is 32.2. The van der Waals surface area contributed by atoms with Gasteiger partial charge in [0.1, 0.15) is 5.82 Å². The van der Waals surface area contributed by atoms with Gasteiger partial charge in [0.2, 0.25) is 5.91 Å². The molecule has 0 saturated carbocycles. The third-order valence-electron chi connectivity index (χ3n) is 4.02. The molecule has 3 aromatic rings. The predicted molar refractivity (Wildman–Crippen MR) is 113 cm³/mol. The zero-order valence-corrected chi connectivity index (χ0v) is 16.9. The molecule has 3 amide bonds. The Labute approximate surface area is 177 Å². The van der Waals surface area contributed by atoms with Crippen LogP contribution < -0.4 is 10.6 Å². The van der Waals surface area contributed by atoms with E-state index < -0.39 is 17.8 Å². The van der Waals surface area contributed by atoms with Gasteiger partial charge in [-0.15, -0.1) is 16.8 Å². The molecule has 0 radical (unpaired) electrons. The van der Waals surface area contributed by atoms with Crippen LogP contribution >= 0.6 is 11.8 Å². The van der Waals surface area contributed by atoms with Crippen LogP contribution in [0.5, 0.6) is 0 Å².